The van der Waals surface area contributed by atoms with Gasteiger partial charge in [0.15, 0.2) is 0 Å². The number of carboxylic acid groups (broad SMARTS) is 1. The Morgan fingerprint density at radius 1 is 0.971 bits per heavy atom. The van der Waals surface area contributed by atoms with E-state index in [0.717, 1.165) is 37.7 Å². The van der Waals surface area contributed by atoms with Gasteiger partial charge in [0, 0.05) is 6.42 Å². The van der Waals surface area contributed by atoms with Gasteiger partial charge in [0.05, 0.1) is 11.5 Å². The molecule has 0 aliphatic heterocycles. The maximum absolute atomic E-state index is 12.2. The first-order valence-corrected chi connectivity index (χ1v) is 14.3. The Morgan fingerprint density at radius 3 is 1.88 bits per heavy atom. The predicted molar refractivity (Wildman–Crippen MR) is 140 cm³/mol. The van der Waals surface area contributed by atoms with E-state index >= 15 is 0 Å². The fourth-order valence-electron chi connectivity index (χ4n) is 4.18. The smallest absolute Gasteiger partial charge is 0.303 e. The quantitative estimate of drug-likeness (QED) is 0.254. The van der Waals surface area contributed by atoms with Crippen LogP contribution in [0.15, 0.2) is 29.2 Å². The molecule has 1 aromatic rings. The number of benzene rings is 1. The number of hydrogen-bond donors (Lipinski definition) is 2. The molecule has 0 spiro atoms. The van der Waals surface area contributed by atoms with E-state index in [4.69, 9.17) is 15.0 Å². The van der Waals surface area contributed by atoms with Crippen LogP contribution < -0.4 is 5.73 Å². The second-order valence-corrected chi connectivity index (χ2v) is 11.4. The number of nitrogens with two attached hydrogens (primary N) is 1. The van der Waals surface area contributed by atoms with Gasteiger partial charge in [-0.25, -0.2) is 0 Å². The molecule has 3 N–H and O–H groups in total. The minimum atomic E-state index is -3.63. The van der Waals surface area contributed by atoms with Crippen LogP contribution in [0.25, 0.3) is 0 Å². The third-order valence-corrected chi connectivity index (χ3v) is 7.47. The Balaban J connectivity index is 0.000000722. The summed E-state index contributed by atoms with van der Waals surface area (Å²) in [6.07, 6.45) is 7.79. The summed E-state index contributed by atoms with van der Waals surface area (Å²) in [5.74, 6) is 0.925. The summed E-state index contributed by atoms with van der Waals surface area (Å²) in [5, 5.41) is 8.60. The van der Waals surface area contributed by atoms with Crippen molar-refractivity contribution in [1.29, 1.82) is 0 Å². The first-order chi connectivity index (χ1) is 16.0. The van der Waals surface area contributed by atoms with Gasteiger partial charge in [-0.15, -0.1) is 0 Å². The number of carboxylic acids is 1. The summed E-state index contributed by atoms with van der Waals surface area (Å²) in [5.41, 5.74) is 6.54. The lowest BCUT2D eigenvalue weighted by molar-refractivity contribution is -0.138. The average Bonchev–Trinajstić information content (AvgIpc) is 2.77. The maximum Gasteiger partial charge on any atom is 0.303 e. The lowest BCUT2D eigenvalue weighted by Crippen LogP contribution is -2.20. The van der Waals surface area contributed by atoms with Crippen LogP contribution in [-0.4, -0.2) is 32.6 Å². The normalized spacial score (nSPS) is 15.0. The highest BCUT2D eigenvalue weighted by molar-refractivity contribution is 7.86. The highest BCUT2D eigenvalue weighted by Gasteiger charge is 2.19. The van der Waals surface area contributed by atoms with Crippen molar-refractivity contribution in [1.82, 2.24) is 0 Å². The molecule has 0 aliphatic rings. The molecule has 0 fully saturated rings. The molecule has 34 heavy (non-hydrogen) atoms. The van der Waals surface area contributed by atoms with Crippen molar-refractivity contribution in [2.24, 2.45) is 29.4 Å². The minimum Gasteiger partial charge on any atom is -0.481 e. The minimum absolute atomic E-state index is 0.152. The Bertz CT molecular complexity index is 764. The fraction of sp³-hybridized carbons (Fsp3) is 0.741. The van der Waals surface area contributed by atoms with Gasteiger partial charge in [-0.2, -0.15) is 8.42 Å². The van der Waals surface area contributed by atoms with Crippen LogP contribution in [0.5, 0.6) is 0 Å². The summed E-state index contributed by atoms with van der Waals surface area (Å²) in [7, 11) is -3.63. The van der Waals surface area contributed by atoms with Gasteiger partial charge in [0.1, 0.15) is 0 Å². The molecule has 0 unspecified atom stereocenters. The first-order valence-electron chi connectivity index (χ1n) is 12.9. The van der Waals surface area contributed by atoms with Crippen LogP contribution in [0.2, 0.25) is 0 Å². The van der Waals surface area contributed by atoms with E-state index in [-0.39, 0.29) is 23.8 Å². The van der Waals surface area contributed by atoms with Crippen LogP contribution in [0.1, 0.15) is 91.5 Å². The molecule has 0 saturated carbocycles. The highest BCUT2D eigenvalue weighted by atomic mass is 32.2. The van der Waals surface area contributed by atoms with Crippen LogP contribution in [0.3, 0.4) is 0 Å². The highest BCUT2D eigenvalue weighted by Crippen LogP contribution is 2.22. The number of aliphatic carboxylic acids is 1. The van der Waals surface area contributed by atoms with E-state index in [9.17, 15) is 13.2 Å². The summed E-state index contributed by atoms with van der Waals surface area (Å²) in [4.78, 5) is 10.7. The number of carbonyl (C=O) groups is 1. The Hall–Kier alpha value is -1.44. The van der Waals surface area contributed by atoms with Gasteiger partial charge in [-0.05, 0) is 62.1 Å². The van der Waals surface area contributed by atoms with Gasteiger partial charge in [-0.3, -0.25) is 8.98 Å². The summed E-state index contributed by atoms with van der Waals surface area (Å²) >= 11 is 0. The van der Waals surface area contributed by atoms with E-state index in [1.807, 2.05) is 6.92 Å². The zero-order valence-electron chi connectivity index (χ0n) is 22.3. The van der Waals surface area contributed by atoms with Gasteiger partial charge in [-0.1, -0.05) is 84.4 Å². The molecule has 198 valence electrons. The molecule has 0 radical (unpaired) electrons. The molecule has 0 aromatic heterocycles. The lowest BCUT2D eigenvalue weighted by atomic mass is 9.90. The van der Waals surface area contributed by atoms with E-state index < -0.39 is 16.1 Å². The topological polar surface area (TPSA) is 107 Å². The van der Waals surface area contributed by atoms with E-state index in [0.29, 0.717) is 24.3 Å². The molecule has 0 heterocycles. The van der Waals surface area contributed by atoms with Gasteiger partial charge in [0.2, 0.25) is 0 Å². The van der Waals surface area contributed by atoms with E-state index in [2.05, 4.69) is 34.6 Å². The van der Waals surface area contributed by atoms with Crippen molar-refractivity contribution < 1.29 is 22.5 Å². The first kappa shape index (κ1) is 32.6. The Labute approximate surface area is 208 Å². The monoisotopic (exact) mass is 499 g/mol. The van der Waals surface area contributed by atoms with E-state index in [1.165, 1.54) is 12.8 Å². The number of hydrogen-bond acceptors (Lipinski definition) is 5. The summed E-state index contributed by atoms with van der Waals surface area (Å²) in [6, 6.07) is 6.78. The van der Waals surface area contributed by atoms with Crippen molar-refractivity contribution in [3.05, 3.63) is 29.8 Å². The lowest BCUT2D eigenvalue weighted by Gasteiger charge is -2.19. The zero-order chi connectivity index (χ0) is 26.1. The second-order valence-electron chi connectivity index (χ2n) is 9.78. The largest absolute Gasteiger partial charge is 0.481 e. The second kappa shape index (κ2) is 17.9. The van der Waals surface area contributed by atoms with E-state index in [1.54, 1.807) is 24.3 Å². The third kappa shape index (κ3) is 14.7. The SMILES string of the molecule is CCC[C@@H](C)C[C@@H](CC)COS(=O)(=O)c1ccc(C)cc1.CCC[C@@H](C)C[C@H](CN)CC(=O)O. The van der Waals surface area contributed by atoms with Crippen molar-refractivity contribution in [3.63, 3.8) is 0 Å². The maximum atomic E-state index is 12.2. The Morgan fingerprint density at radius 2 is 1.47 bits per heavy atom. The standard InChI is InChI=1S/C17H28O3S.C10H21NO2/c1-5-7-15(4)12-16(6-2)13-20-21(18,19)17-10-8-14(3)9-11-17;1-3-4-8(2)5-9(7-11)6-10(12)13/h8-11,15-16H,5-7,12-13H2,1-4H3;8-9H,3-7,11H2,1-2H3,(H,12,13)/t15-,16-;8-,9+/m11/s1. The van der Waals surface area contributed by atoms with Crippen molar-refractivity contribution in [2.75, 3.05) is 13.2 Å². The molecule has 1 aromatic carbocycles. The summed E-state index contributed by atoms with van der Waals surface area (Å²) in [6.45, 7) is 13.5. The molecular weight excluding hydrogens is 450 g/mol. The zero-order valence-corrected chi connectivity index (χ0v) is 23.1. The molecule has 0 saturated heterocycles. The predicted octanol–water partition coefficient (Wildman–Crippen LogP) is 6.42. The third-order valence-electron chi connectivity index (χ3n) is 6.18. The summed E-state index contributed by atoms with van der Waals surface area (Å²) < 4.78 is 29.6. The molecule has 7 heteroatoms. The number of rotatable bonds is 16. The average molecular weight is 500 g/mol. The molecule has 0 amide bonds. The molecular formula is C27H49NO5S. The van der Waals surface area contributed by atoms with Crippen LogP contribution in [-0.2, 0) is 19.1 Å². The molecule has 0 aliphatic carbocycles. The van der Waals surface area contributed by atoms with Crippen molar-refractivity contribution in [3.8, 4) is 0 Å². The molecule has 4 atom stereocenters. The van der Waals surface area contributed by atoms with Crippen LogP contribution >= 0.6 is 0 Å². The van der Waals surface area contributed by atoms with Gasteiger partial charge in [0.25, 0.3) is 10.1 Å². The van der Waals surface area contributed by atoms with Crippen molar-refractivity contribution >= 4 is 16.1 Å². The van der Waals surface area contributed by atoms with Crippen molar-refractivity contribution in [2.45, 2.75) is 97.8 Å². The van der Waals surface area contributed by atoms with Gasteiger partial charge < -0.3 is 10.8 Å². The van der Waals surface area contributed by atoms with Gasteiger partial charge >= 0.3 is 5.97 Å². The molecule has 1 rings (SSSR count). The molecule has 0 bridgehead atoms. The Kier molecular flexibility index (Phi) is 17.2. The number of aryl methyl sites for hydroxylation is 1. The van der Waals surface area contributed by atoms with Crippen LogP contribution in [0.4, 0.5) is 0 Å². The molecule has 6 nitrogen and oxygen atoms in total. The van der Waals surface area contributed by atoms with Crippen LogP contribution in [0, 0.1) is 30.6 Å². The fourth-order valence-corrected chi connectivity index (χ4v) is 5.16.